The van der Waals surface area contributed by atoms with E-state index in [1.165, 1.54) is 64.5 Å². The molecular weight excluding hydrogens is 208 g/mol. The smallest absolute Gasteiger partial charge is 0.0243 e. The van der Waals surface area contributed by atoms with Crippen LogP contribution >= 0.6 is 0 Å². The number of piperidine rings is 1. The third kappa shape index (κ3) is 3.69. The maximum absolute atomic E-state index is 5.95. The van der Waals surface area contributed by atoms with E-state index in [-0.39, 0.29) is 0 Å². The van der Waals surface area contributed by atoms with Gasteiger partial charge in [-0.05, 0) is 44.2 Å². The van der Waals surface area contributed by atoms with Crippen LogP contribution in [0.3, 0.4) is 0 Å². The van der Waals surface area contributed by atoms with Gasteiger partial charge in [-0.3, -0.25) is 4.90 Å². The summed E-state index contributed by atoms with van der Waals surface area (Å²) in [5.41, 5.74) is 5.95. The van der Waals surface area contributed by atoms with Crippen molar-refractivity contribution in [3.05, 3.63) is 0 Å². The van der Waals surface area contributed by atoms with Gasteiger partial charge in [-0.15, -0.1) is 0 Å². The van der Waals surface area contributed by atoms with Gasteiger partial charge in [0.1, 0.15) is 0 Å². The van der Waals surface area contributed by atoms with Crippen LogP contribution in [0.15, 0.2) is 0 Å². The molecule has 0 aromatic rings. The van der Waals surface area contributed by atoms with Gasteiger partial charge in [0.05, 0.1) is 0 Å². The topological polar surface area (TPSA) is 29.3 Å². The number of nitrogens with two attached hydrogens (primary N) is 1. The number of likely N-dealkylation sites (tertiary alicyclic amines) is 1. The molecule has 2 aliphatic rings. The van der Waals surface area contributed by atoms with E-state index in [0.717, 1.165) is 18.4 Å². The molecule has 1 aliphatic heterocycles. The molecule has 0 aromatic carbocycles. The number of hydrogen-bond acceptors (Lipinski definition) is 2. The molecule has 2 fully saturated rings. The predicted octanol–water partition coefficient (Wildman–Crippen LogP) is 3.02. The van der Waals surface area contributed by atoms with E-state index >= 15 is 0 Å². The van der Waals surface area contributed by atoms with Crippen molar-refractivity contribution in [3.63, 3.8) is 0 Å². The van der Waals surface area contributed by atoms with Gasteiger partial charge in [0.25, 0.3) is 0 Å². The molecule has 17 heavy (non-hydrogen) atoms. The third-order valence-electron chi connectivity index (χ3n) is 5.02. The highest BCUT2D eigenvalue weighted by atomic mass is 15.2. The van der Waals surface area contributed by atoms with Crippen LogP contribution < -0.4 is 5.73 Å². The molecule has 1 saturated carbocycles. The Morgan fingerprint density at radius 1 is 1.06 bits per heavy atom. The summed E-state index contributed by atoms with van der Waals surface area (Å²) >= 11 is 0. The molecule has 2 rings (SSSR count). The summed E-state index contributed by atoms with van der Waals surface area (Å²) in [5.74, 6) is 1.82. The lowest BCUT2D eigenvalue weighted by Gasteiger charge is -2.40. The number of rotatable bonds is 4. The summed E-state index contributed by atoms with van der Waals surface area (Å²) < 4.78 is 0. The molecule has 0 radical (unpaired) electrons. The summed E-state index contributed by atoms with van der Waals surface area (Å²) in [7, 11) is 0. The highest BCUT2D eigenvalue weighted by molar-refractivity contribution is 4.83. The first kappa shape index (κ1) is 13.4. The third-order valence-corrected chi connectivity index (χ3v) is 5.02. The highest BCUT2D eigenvalue weighted by Gasteiger charge is 2.27. The molecule has 0 aromatic heterocycles. The van der Waals surface area contributed by atoms with Crippen molar-refractivity contribution in [1.29, 1.82) is 0 Å². The maximum Gasteiger partial charge on any atom is 0.0243 e. The van der Waals surface area contributed by atoms with Crippen LogP contribution in [-0.4, -0.2) is 30.6 Å². The van der Waals surface area contributed by atoms with Gasteiger partial charge in [0, 0.05) is 12.6 Å². The van der Waals surface area contributed by atoms with E-state index in [1.54, 1.807) is 0 Å². The fourth-order valence-corrected chi connectivity index (χ4v) is 3.82. The van der Waals surface area contributed by atoms with Crippen LogP contribution in [0.2, 0.25) is 0 Å². The van der Waals surface area contributed by atoms with Gasteiger partial charge >= 0.3 is 0 Å². The molecule has 2 nitrogen and oxygen atoms in total. The largest absolute Gasteiger partial charge is 0.329 e. The van der Waals surface area contributed by atoms with Gasteiger partial charge in [0.2, 0.25) is 0 Å². The van der Waals surface area contributed by atoms with Crippen molar-refractivity contribution in [2.45, 2.75) is 64.3 Å². The second-order valence-corrected chi connectivity index (χ2v) is 6.25. The van der Waals surface area contributed by atoms with Crippen LogP contribution in [-0.2, 0) is 0 Å². The van der Waals surface area contributed by atoms with Crippen LogP contribution in [0.4, 0.5) is 0 Å². The Morgan fingerprint density at radius 3 is 2.53 bits per heavy atom. The first-order valence-corrected chi connectivity index (χ1v) is 7.75. The fraction of sp³-hybridized carbons (Fsp3) is 1.00. The van der Waals surface area contributed by atoms with E-state index in [9.17, 15) is 0 Å². The van der Waals surface area contributed by atoms with Gasteiger partial charge in [0.15, 0.2) is 0 Å². The Kier molecular flexibility index (Phi) is 5.30. The second kappa shape index (κ2) is 6.75. The Hall–Kier alpha value is -0.0800. The monoisotopic (exact) mass is 238 g/mol. The summed E-state index contributed by atoms with van der Waals surface area (Å²) in [5, 5.41) is 0. The molecule has 1 saturated heterocycles. The molecule has 2 atom stereocenters. The maximum atomic E-state index is 5.95. The standard InChI is InChI=1S/C15H30N2/c1-13-6-5-10-17(15(13)12-16)11-9-14-7-3-2-4-8-14/h13-15H,2-12,16H2,1H3. The van der Waals surface area contributed by atoms with Crippen LogP contribution in [0.25, 0.3) is 0 Å². The summed E-state index contributed by atoms with van der Waals surface area (Å²) in [6.07, 6.45) is 11.6. The van der Waals surface area contributed by atoms with Gasteiger partial charge in [-0.1, -0.05) is 39.0 Å². The first-order valence-electron chi connectivity index (χ1n) is 7.75. The van der Waals surface area contributed by atoms with E-state index in [1.807, 2.05) is 0 Å². The quantitative estimate of drug-likeness (QED) is 0.816. The van der Waals surface area contributed by atoms with Crippen LogP contribution in [0.5, 0.6) is 0 Å². The van der Waals surface area contributed by atoms with Gasteiger partial charge in [-0.25, -0.2) is 0 Å². The molecular formula is C15H30N2. The summed E-state index contributed by atoms with van der Waals surface area (Å²) in [6, 6.07) is 0.660. The van der Waals surface area contributed by atoms with Crippen molar-refractivity contribution in [1.82, 2.24) is 4.90 Å². The molecule has 0 amide bonds. The average molecular weight is 238 g/mol. The minimum absolute atomic E-state index is 0.660. The fourth-order valence-electron chi connectivity index (χ4n) is 3.82. The van der Waals surface area contributed by atoms with Crippen molar-refractivity contribution < 1.29 is 0 Å². The summed E-state index contributed by atoms with van der Waals surface area (Å²) in [4.78, 5) is 2.68. The molecule has 100 valence electrons. The zero-order valence-corrected chi connectivity index (χ0v) is 11.5. The van der Waals surface area contributed by atoms with Crippen molar-refractivity contribution in [3.8, 4) is 0 Å². The molecule has 1 heterocycles. The van der Waals surface area contributed by atoms with E-state index in [4.69, 9.17) is 5.73 Å². The van der Waals surface area contributed by atoms with Gasteiger partial charge in [-0.2, -0.15) is 0 Å². The van der Waals surface area contributed by atoms with Crippen molar-refractivity contribution in [2.75, 3.05) is 19.6 Å². The number of nitrogens with zero attached hydrogens (tertiary/aromatic N) is 1. The average Bonchev–Trinajstić information content (AvgIpc) is 2.37. The highest BCUT2D eigenvalue weighted by Crippen LogP contribution is 2.28. The molecule has 2 unspecified atom stereocenters. The molecule has 1 aliphatic carbocycles. The zero-order chi connectivity index (χ0) is 12.1. The molecule has 0 spiro atoms. The van der Waals surface area contributed by atoms with Gasteiger partial charge < -0.3 is 5.73 Å². The lowest BCUT2D eigenvalue weighted by Crippen LogP contribution is -2.49. The lowest BCUT2D eigenvalue weighted by atomic mass is 9.85. The molecule has 2 N–H and O–H groups in total. The lowest BCUT2D eigenvalue weighted by molar-refractivity contribution is 0.0966. The van der Waals surface area contributed by atoms with Crippen LogP contribution in [0.1, 0.15) is 58.3 Å². The van der Waals surface area contributed by atoms with E-state index in [2.05, 4.69) is 11.8 Å². The number of hydrogen-bond donors (Lipinski definition) is 1. The van der Waals surface area contributed by atoms with E-state index < -0.39 is 0 Å². The Bertz CT molecular complexity index is 211. The normalized spacial score (nSPS) is 32.8. The van der Waals surface area contributed by atoms with Crippen LogP contribution in [0, 0.1) is 11.8 Å². The van der Waals surface area contributed by atoms with E-state index in [0.29, 0.717) is 6.04 Å². The second-order valence-electron chi connectivity index (χ2n) is 6.25. The Morgan fingerprint density at radius 2 is 1.82 bits per heavy atom. The zero-order valence-electron chi connectivity index (χ0n) is 11.5. The molecule has 2 heteroatoms. The molecule has 0 bridgehead atoms. The summed E-state index contributed by atoms with van der Waals surface area (Å²) in [6.45, 7) is 5.83. The predicted molar refractivity (Wildman–Crippen MR) is 74.0 cm³/mol. The minimum atomic E-state index is 0.660. The van der Waals surface area contributed by atoms with Crippen molar-refractivity contribution in [2.24, 2.45) is 17.6 Å². The Labute approximate surface area is 107 Å². The SMILES string of the molecule is CC1CCCN(CCC2CCCCC2)C1CN. The first-order chi connectivity index (χ1) is 8.31. The Balaban J connectivity index is 1.76. The van der Waals surface area contributed by atoms with Crippen molar-refractivity contribution >= 4 is 0 Å². The minimum Gasteiger partial charge on any atom is -0.329 e.